The third kappa shape index (κ3) is 4.74. The number of anilines is 2. The van der Waals surface area contributed by atoms with Crippen LogP contribution in [-0.2, 0) is 4.79 Å². The number of carbonyl (C=O) groups is 2. The maximum absolute atomic E-state index is 12.4. The molecule has 120 valence electrons. The largest absolute Gasteiger partial charge is 0.495 e. The highest BCUT2D eigenvalue weighted by Crippen LogP contribution is 2.29. The van der Waals surface area contributed by atoms with E-state index in [1.165, 1.54) is 6.92 Å². The summed E-state index contributed by atoms with van der Waals surface area (Å²) in [5.74, 6) is 2.23. The van der Waals surface area contributed by atoms with Crippen LogP contribution in [0.2, 0.25) is 0 Å². The fourth-order valence-corrected chi connectivity index (χ4v) is 3.99. The third-order valence-electron chi connectivity index (χ3n) is 3.02. The molecule has 0 atom stereocenters. The van der Waals surface area contributed by atoms with Crippen LogP contribution in [0.3, 0.4) is 0 Å². The van der Waals surface area contributed by atoms with Gasteiger partial charge in [-0.05, 0) is 18.2 Å². The number of rotatable bonds is 3. The first-order valence-electron chi connectivity index (χ1n) is 6.86. The van der Waals surface area contributed by atoms with Gasteiger partial charge >= 0.3 is 6.03 Å². The highest BCUT2D eigenvalue weighted by molar-refractivity contribution is 8.76. The van der Waals surface area contributed by atoms with Crippen LogP contribution >= 0.6 is 21.6 Å². The summed E-state index contributed by atoms with van der Waals surface area (Å²) < 4.78 is 5.26. The summed E-state index contributed by atoms with van der Waals surface area (Å²) in [6.45, 7) is 2.88. The highest BCUT2D eigenvalue weighted by Gasteiger charge is 2.17. The van der Waals surface area contributed by atoms with Crippen LogP contribution in [-0.4, -0.2) is 48.5 Å². The van der Waals surface area contributed by atoms with E-state index in [1.54, 1.807) is 51.8 Å². The lowest BCUT2D eigenvalue weighted by Gasteiger charge is -2.21. The van der Waals surface area contributed by atoms with Crippen molar-refractivity contribution >= 4 is 44.9 Å². The number of hydrogen-bond acceptors (Lipinski definition) is 5. The number of carbonyl (C=O) groups excluding carboxylic acids is 2. The Balaban J connectivity index is 2.11. The summed E-state index contributed by atoms with van der Waals surface area (Å²) in [6, 6.07) is 4.99. The summed E-state index contributed by atoms with van der Waals surface area (Å²) >= 11 is 0. The van der Waals surface area contributed by atoms with Crippen molar-refractivity contribution in [2.45, 2.75) is 6.92 Å². The van der Waals surface area contributed by atoms with Gasteiger partial charge < -0.3 is 20.3 Å². The summed E-state index contributed by atoms with van der Waals surface area (Å²) in [5, 5.41) is 5.56. The van der Waals surface area contributed by atoms with Crippen molar-refractivity contribution in [1.29, 1.82) is 0 Å². The molecule has 0 saturated carbocycles. The van der Waals surface area contributed by atoms with Gasteiger partial charge in [0.15, 0.2) is 0 Å². The van der Waals surface area contributed by atoms with E-state index in [2.05, 4.69) is 10.6 Å². The van der Waals surface area contributed by atoms with Crippen LogP contribution < -0.4 is 15.4 Å². The first-order valence-corrected chi connectivity index (χ1v) is 9.35. The Morgan fingerprint density at radius 2 is 1.86 bits per heavy atom. The lowest BCUT2D eigenvalue weighted by Crippen LogP contribution is -2.37. The van der Waals surface area contributed by atoms with E-state index < -0.39 is 0 Å². The molecule has 0 radical (unpaired) electrons. The number of benzene rings is 1. The molecule has 1 aliphatic heterocycles. The molecule has 1 saturated heterocycles. The molecule has 8 heteroatoms. The molecule has 2 N–H and O–H groups in total. The molecule has 3 amide bonds. The highest BCUT2D eigenvalue weighted by atomic mass is 33.1. The van der Waals surface area contributed by atoms with Gasteiger partial charge in [-0.1, -0.05) is 21.6 Å². The number of amides is 3. The molecule has 0 aromatic heterocycles. The lowest BCUT2D eigenvalue weighted by atomic mass is 10.2. The van der Waals surface area contributed by atoms with Gasteiger partial charge in [0.25, 0.3) is 0 Å². The molecule has 0 bridgehead atoms. The van der Waals surface area contributed by atoms with Gasteiger partial charge in [-0.15, -0.1) is 0 Å². The van der Waals surface area contributed by atoms with Crippen LogP contribution in [0.5, 0.6) is 5.75 Å². The second-order valence-electron chi connectivity index (χ2n) is 4.66. The van der Waals surface area contributed by atoms with Crippen molar-refractivity contribution in [3.8, 4) is 5.75 Å². The minimum Gasteiger partial charge on any atom is -0.495 e. The minimum atomic E-state index is -0.163. The van der Waals surface area contributed by atoms with Crippen molar-refractivity contribution in [1.82, 2.24) is 4.90 Å². The van der Waals surface area contributed by atoms with Crippen LogP contribution in [0.25, 0.3) is 0 Å². The van der Waals surface area contributed by atoms with Gasteiger partial charge in [0, 0.05) is 37.2 Å². The standard InChI is InChI=1S/C14H19N3O3S2/c1-10(18)15-11-3-4-13(20-2)12(9-11)16-14(19)17-5-7-21-22-8-6-17/h3-4,9H,5-8H2,1-2H3,(H,15,18)(H,16,19). The number of nitrogens with one attached hydrogen (secondary N) is 2. The zero-order valence-corrected chi connectivity index (χ0v) is 14.2. The zero-order chi connectivity index (χ0) is 15.9. The quantitative estimate of drug-likeness (QED) is 0.827. The van der Waals surface area contributed by atoms with Gasteiger partial charge in [-0.2, -0.15) is 0 Å². The first-order chi connectivity index (χ1) is 10.6. The smallest absolute Gasteiger partial charge is 0.322 e. The summed E-state index contributed by atoms with van der Waals surface area (Å²) in [6.07, 6.45) is 0. The van der Waals surface area contributed by atoms with Crippen molar-refractivity contribution in [3.63, 3.8) is 0 Å². The average molecular weight is 341 g/mol. The lowest BCUT2D eigenvalue weighted by molar-refractivity contribution is -0.114. The maximum atomic E-state index is 12.4. The van der Waals surface area contributed by atoms with E-state index in [4.69, 9.17) is 4.74 Å². The van der Waals surface area contributed by atoms with Gasteiger partial charge in [0.1, 0.15) is 5.75 Å². The summed E-state index contributed by atoms with van der Waals surface area (Å²) in [5.41, 5.74) is 1.16. The molecule has 1 aromatic rings. The predicted molar refractivity (Wildman–Crippen MR) is 92.8 cm³/mol. The van der Waals surface area contributed by atoms with Crippen molar-refractivity contribution in [3.05, 3.63) is 18.2 Å². The molecule has 22 heavy (non-hydrogen) atoms. The monoisotopic (exact) mass is 341 g/mol. The van der Waals surface area contributed by atoms with Gasteiger partial charge in [0.05, 0.1) is 12.8 Å². The summed E-state index contributed by atoms with van der Waals surface area (Å²) in [7, 11) is 5.11. The zero-order valence-electron chi connectivity index (χ0n) is 12.5. The molecule has 6 nitrogen and oxygen atoms in total. The Labute approximate surface area is 137 Å². The van der Waals surface area contributed by atoms with E-state index in [0.29, 0.717) is 17.1 Å². The van der Waals surface area contributed by atoms with Gasteiger partial charge in [0.2, 0.25) is 5.91 Å². The molecule has 2 rings (SSSR count). The van der Waals surface area contributed by atoms with Crippen molar-refractivity contribution in [2.75, 3.05) is 42.3 Å². The number of ether oxygens (including phenoxy) is 1. The van der Waals surface area contributed by atoms with E-state index >= 15 is 0 Å². The fraction of sp³-hybridized carbons (Fsp3) is 0.429. The third-order valence-corrected chi connectivity index (χ3v) is 5.39. The minimum absolute atomic E-state index is 0.152. The fourth-order valence-electron chi connectivity index (χ4n) is 2.01. The second kappa shape index (κ2) is 8.19. The Morgan fingerprint density at radius 3 is 2.45 bits per heavy atom. The molecule has 0 aliphatic carbocycles. The van der Waals surface area contributed by atoms with Crippen LogP contribution in [0.15, 0.2) is 18.2 Å². The van der Waals surface area contributed by atoms with Crippen LogP contribution in [0.4, 0.5) is 16.2 Å². The van der Waals surface area contributed by atoms with Crippen LogP contribution in [0.1, 0.15) is 6.92 Å². The van der Waals surface area contributed by atoms with E-state index in [0.717, 1.165) is 24.6 Å². The number of nitrogens with zero attached hydrogens (tertiary/aromatic N) is 1. The summed E-state index contributed by atoms with van der Waals surface area (Å²) in [4.78, 5) is 25.3. The predicted octanol–water partition coefficient (Wildman–Crippen LogP) is 2.88. The SMILES string of the molecule is COc1ccc(NC(C)=O)cc1NC(=O)N1CCSSCC1. The average Bonchev–Trinajstić information content (AvgIpc) is 2.76. The van der Waals surface area contributed by atoms with Crippen molar-refractivity contribution < 1.29 is 14.3 Å². The number of urea groups is 1. The Bertz CT molecular complexity index is 546. The molecule has 1 heterocycles. The second-order valence-corrected chi connectivity index (χ2v) is 7.36. The van der Waals surface area contributed by atoms with Crippen molar-refractivity contribution in [2.24, 2.45) is 0 Å². The van der Waals surface area contributed by atoms with E-state index in [1.807, 2.05) is 0 Å². The molecular weight excluding hydrogens is 322 g/mol. The van der Waals surface area contributed by atoms with E-state index in [9.17, 15) is 9.59 Å². The van der Waals surface area contributed by atoms with Crippen LogP contribution in [0, 0.1) is 0 Å². The molecule has 1 aromatic carbocycles. The topological polar surface area (TPSA) is 70.7 Å². The Morgan fingerprint density at radius 1 is 1.18 bits per heavy atom. The molecule has 1 aliphatic rings. The normalized spacial score (nSPS) is 14.9. The first kappa shape index (κ1) is 16.8. The molecule has 1 fully saturated rings. The van der Waals surface area contributed by atoms with E-state index in [-0.39, 0.29) is 11.9 Å². The molecular formula is C14H19N3O3S2. The molecule has 0 spiro atoms. The maximum Gasteiger partial charge on any atom is 0.322 e. The van der Waals surface area contributed by atoms with Gasteiger partial charge in [-0.25, -0.2) is 4.79 Å². The Kier molecular flexibility index (Phi) is 6.26. The number of hydrogen-bond donors (Lipinski definition) is 2. The van der Waals surface area contributed by atoms with Gasteiger partial charge in [-0.3, -0.25) is 4.79 Å². The Hall–Kier alpha value is -1.54. The molecule has 0 unspecified atom stereocenters. The number of methoxy groups -OCH3 is 1.